The third kappa shape index (κ3) is 2.73. The minimum Gasteiger partial charge on any atom is -0.316 e. The maximum atomic E-state index is 12.2. The van der Waals surface area contributed by atoms with E-state index in [1.54, 1.807) is 5.10 Å². The summed E-state index contributed by atoms with van der Waals surface area (Å²) in [5.41, 5.74) is 0. The number of carbonyl (C=O) groups excluding carboxylic acids is 1. The van der Waals surface area contributed by atoms with Crippen LogP contribution in [0.5, 0.6) is 0 Å². The number of carbonyl (C=O) groups is 1. The van der Waals surface area contributed by atoms with Gasteiger partial charge < -0.3 is 5.32 Å². The Hall–Kier alpha value is -1.64. The molecule has 0 bridgehead atoms. The molecule has 2 rings (SSSR count). The Morgan fingerprint density at radius 1 is 1.47 bits per heavy atom. The summed E-state index contributed by atoms with van der Waals surface area (Å²) in [6.45, 7) is 1.24. The van der Waals surface area contributed by atoms with Gasteiger partial charge in [-0.05, 0) is 13.0 Å². The number of halogens is 3. The summed E-state index contributed by atoms with van der Waals surface area (Å²) in [4.78, 5) is 14.7. The Morgan fingerprint density at radius 3 is 2.76 bits per heavy atom. The van der Waals surface area contributed by atoms with E-state index in [9.17, 15) is 18.0 Å². The van der Waals surface area contributed by atoms with Crippen molar-refractivity contribution in [2.75, 3.05) is 18.4 Å². The summed E-state index contributed by atoms with van der Waals surface area (Å²) < 4.78 is 36.5. The second kappa shape index (κ2) is 4.32. The van der Waals surface area contributed by atoms with Gasteiger partial charge in [0.2, 0.25) is 17.7 Å². The number of aromatic nitrogens is 3. The fourth-order valence-corrected chi connectivity index (χ4v) is 1.54. The molecule has 0 radical (unpaired) electrons. The van der Waals surface area contributed by atoms with Crippen molar-refractivity contribution in [3.8, 4) is 0 Å². The number of nitrogens with one attached hydrogen (secondary N) is 3. The van der Waals surface area contributed by atoms with Crippen LogP contribution in [0.1, 0.15) is 12.2 Å². The maximum Gasteiger partial charge on any atom is 0.451 e. The van der Waals surface area contributed by atoms with E-state index in [1.807, 2.05) is 0 Å². The maximum absolute atomic E-state index is 12.2. The van der Waals surface area contributed by atoms with Gasteiger partial charge in [-0.15, -0.1) is 5.10 Å². The summed E-state index contributed by atoms with van der Waals surface area (Å²) in [7, 11) is 0. The van der Waals surface area contributed by atoms with Crippen molar-refractivity contribution in [1.29, 1.82) is 0 Å². The number of nitrogens with zero attached hydrogens (tertiary/aromatic N) is 2. The van der Waals surface area contributed by atoms with E-state index in [1.165, 1.54) is 0 Å². The lowest BCUT2D eigenvalue weighted by molar-refractivity contribution is -0.144. The smallest absolute Gasteiger partial charge is 0.316 e. The number of rotatable bonds is 2. The topological polar surface area (TPSA) is 82.7 Å². The Labute approximate surface area is 94.0 Å². The predicted molar refractivity (Wildman–Crippen MR) is 51.0 cm³/mol. The molecule has 2 heterocycles. The summed E-state index contributed by atoms with van der Waals surface area (Å²) in [5.74, 6) is -2.20. The van der Waals surface area contributed by atoms with Crippen LogP contribution in [0.3, 0.4) is 0 Å². The van der Waals surface area contributed by atoms with Gasteiger partial charge in [-0.25, -0.2) is 0 Å². The predicted octanol–water partition coefficient (Wildman–Crippen LogP) is 0.371. The Bertz CT molecular complexity index is 410. The van der Waals surface area contributed by atoms with Crippen molar-refractivity contribution in [3.63, 3.8) is 0 Å². The van der Waals surface area contributed by atoms with E-state index >= 15 is 0 Å². The molecule has 6 nitrogen and oxygen atoms in total. The van der Waals surface area contributed by atoms with Gasteiger partial charge in [0.15, 0.2) is 0 Å². The van der Waals surface area contributed by atoms with Crippen LogP contribution in [0.25, 0.3) is 0 Å². The molecular weight excluding hydrogens is 239 g/mol. The molecule has 1 amide bonds. The quantitative estimate of drug-likeness (QED) is 0.707. The zero-order chi connectivity index (χ0) is 12.5. The van der Waals surface area contributed by atoms with E-state index < -0.39 is 12.0 Å². The summed E-state index contributed by atoms with van der Waals surface area (Å²) in [6, 6.07) is 0. The molecule has 1 aromatic heterocycles. The molecular formula is C8H10F3N5O. The van der Waals surface area contributed by atoms with Gasteiger partial charge in [0.25, 0.3) is 0 Å². The number of aromatic amines is 1. The van der Waals surface area contributed by atoms with Crippen LogP contribution in [-0.4, -0.2) is 34.2 Å². The fourth-order valence-electron chi connectivity index (χ4n) is 1.54. The van der Waals surface area contributed by atoms with E-state index in [4.69, 9.17) is 0 Å². The van der Waals surface area contributed by atoms with Crippen LogP contribution in [0.2, 0.25) is 0 Å². The lowest BCUT2D eigenvalue weighted by Crippen LogP contribution is -2.25. The monoisotopic (exact) mass is 249 g/mol. The van der Waals surface area contributed by atoms with Gasteiger partial charge in [-0.2, -0.15) is 18.2 Å². The van der Waals surface area contributed by atoms with Crippen LogP contribution < -0.4 is 10.6 Å². The molecule has 1 aromatic rings. The molecule has 1 aliphatic rings. The van der Waals surface area contributed by atoms with Crippen molar-refractivity contribution in [2.45, 2.75) is 12.6 Å². The minimum atomic E-state index is -4.59. The van der Waals surface area contributed by atoms with Crippen molar-refractivity contribution >= 4 is 11.9 Å². The second-order valence-electron chi connectivity index (χ2n) is 3.68. The molecule has 1 atom stereocenters. The highest BCUT2D eigenvalue weighted by molar-refractivity contribution is 5.91. The zero-order valence-electron chi connectivity index (χ0n) is 8.64. The number of hydrogen-bond donors (Lipinski definition) is 3. The van der Waals surface area contributed by atoms with Gasteiger partial charge in [0, 0.05) is 6.54 Å². The first-order valence-corrected chi connectivity index (χ1v) is 4.98. The first kappa shape index (κ1) is 11.8. The SMILES string of the molecule is O=C(Nc1n[nH]c(C(F)(F)F)n1)C1CCNC1. The minimum absolute atomic E-state index is 0.247. The average Bonchev–Trinajstić information content (AvgIpc) is 2.85. The van der Waals surface area contributed by atoms with Crippen molar-refractivity contribution in [1.82, 2.24) is 20.5 Å². The van der Waals surface area contributed by atoms with E-state index in [-0.39, 0.29) is 17.8 Å². The van der Waals surface area contributed by atoms with E-state index in [0.717, 1.165) is 6.54 Å². The number of anilines is 1. The number of amides is 1. The van der Waals surface area contributed by atoms with Gasteiger partial charge in [-0.3, -0.25) is 15.2 Å². The molecule has 1 aliphatic heterocycles. The average molecular weight is 249 g/mol. The van der Waals surface area contributed by atoms with Gasteiger partial charge >= 0.3 is 6.18 Å². The molecule has 3 N–H and O–H groups in total. The fraction of sp³-hybridized carbons (Fsp3) is 0.625. The lowest BCUT2D eigenvalue weighted by atomic mass is 10.1. The first-order chi connectivity index (χ1) is 7.97. The number of alkyl halides is 3. The molecule has 0 aromatic carbocycles. The highest BCUT2D eigenvalue weighted by Crippen LogP contribution is 2.26. The highest BCUT2D eigenvalue weighted by atomic mass is 19.4. The van der Waals surface area contributed by atoms with Crippen LogP contribution >= 0.6 is 0 Å². The van der Waals surface area contributed by atoms with Crippen LogP contribution in [0.15, 0.2) is 0 Å². The molecule has 0 spiro atoms. The summed E-state index contributed by atoms with van der Waals surface area (Å²) >= 11 is 0. The zero-order valence-corrected chi connectivity index (χ0v) is 8.64. The van der Waals surface area contributed by atoms with E-state index in [2.05, 4.69) is 20.7 Å². The lowest BCUT2D eigenvalue weighted by Gasteiger charge is -2.06. The third-order valence-electron chi connectivity index (χ3n) is 2.42. The Morgan fingerprint density at radius 2 is 2.24 bits per heavy atom. The normalized spacial score (nSPS) is 20.5. The Kier molecular flexibility index (Phi) is 3.01. The molecule has 94 valence electrons. The van der Waals surface area contributed by atoms with Gasteiger partial charge in [0.1, 0.15) is 0 Å². The molecule has 0 aliphatic carbocycles. The first-order valence-electron chi connectivity index (χ1n) is 4.98. The van der Waals surface area contributed by atoms with Crippen molar-refractivity contribution in [3.05, 3.63) is 5.82 Å². The molecule has 1 fully saturated rings. The third-order valence-corrected chi connectivity index (χ3v) is 2.42. The molecule has 1 unspecified atom stereocenters. The second-order valence-corrected chi connectivity index (χ2v) is 3.68. The molecule has 17 heavy (non-hydrogen) atoms. The van der Waals surface area contributed by atoms with Crippen LogP contribution in [-0.2, 0) is 11.0 Å². The number of hydrogen-bond acceptors (Lipinski definition) is 4. The van der Waals surface area contributed by atoms with Crippen molar-refractivity contribution in [2.24, 2.45) is 5.92 Å². The Balaban J connectivity index is 1.99. The van der Waals surface area contributed by atoms with Gasteiger partial charge in [-0.1, -0.05) is 0 Å². The molecule has 1 saturated heterocycles. The van der Waals surface area contributed by atoms with E-state index in [0.29, 0.717) is 13.0 Å². The van der Waals surface area contributed by atoms with Crippen LogP contribution in [0, 0.1) is 5.92 Å². The molecule has 9 heteroatoms. The van der Waals surface area contributed by atoms with Gasteiger partial charge in [0.05, 0.1) is 5.92 Å². The van der Waals surface area contributed by atoms with Crippen LogP contribution in [0.4, 0.5) is 19.1 Å². The standard InChI is InChI=1S/C8H10F3N5O/c9-8(10,11)6-14-7(16-15-6)13-5(17)4-1-2-12-3-4/h4,12H,1-3H2,(H2,13,14,15,16,17). The number of H-pyrrole nitrogens is 1. The largest absolute Gasteiger partial charge is 0.451 e. The summed E-state index contributed by atoms with van der Waals surface area (Å²) in [5, 5.41) is 10.2. The van der Waals surface area contributed by atoms with Crippen molar-refractivity contribution < 1.29 is 18.0 Å². The highest BCUT2D eigenvalue weighted by Gasteiger charge is 2.35. The summed E-state index contributed by atoms with van der Waals surface area (Å²) in [6.07, 6.45) is -3.94. The molecule has 0 saturated carbocycles.